The molecule has 0 unspecified atom stereocenters. The molecule has 5 nitrogen and oxygen atoms in total. The van der Waals surface area contributed by atoms with Crippen molar-refractivity contribution in [2.45, 2.75) is 0 Å². The van der Waals surface area contributed by atoms with Gasteiger partial charge in [-0.2, -0.15) is 8.42 Å². The molecule has 0 saturated carbocycles. The Bertz CT molecular complexity index is 228. The predicted octanol–water partition coefficient (Wildman–Crippen LogP) is 0.448. The molecule has 0 aromatic rings. The lowest BCUT2D eigenvalue weighted by Gasteiger charge is -2.13. The maximum Gasteiger partial charge on any atom is 0.338 e. The number of ether oxygens (including phenoxy) is 1. The number of rotatable bonds is 6. The molecule has 12 heavy (non-hydrogen) atoms. The van der Waals surface area contributed by atoms with Crippen LogP contribution < -0.4 is 0 Å². The molecule has 72 valence electrons. The highest BCUT2D eigenvalue weighted by Gasteiger charge is 2.16. The lowest BCUT2D eigenvalue weighted by atomic mass is 10.7. The van der Waals surface area contributed by atoms with Crippen LogP contribution >= 0.6 is 11.6 Å². The van der Waals surface area contributed by atoms with Crippen LogP contribution in [-0.2, 0) is 15.0 Å². The van der Waals surface area contributed by atoms with Crippen molar-refractivity contribution in [3.63, 3.8) is 0 Å². The SMILES string of the molecule is C=CCOCN(CCl)S(=O)(=O)O. The summed E-state index contributed by atoms with van der Waals surface area (Å²) < 4.78 is 34.7. The summed E-state index contributed by atoms with van der Waals surface area (Å²) in [5, 5.41) is 0. The molecule has 0 aliphatic carbocycles. The summed E-state index contributed by atoms with van der Waals surface area (Å²) in [4.78, 5) is 0. The number of alkyl halides is 1. The van der Waals surface area contributed by atoms with Crippen LogP contribution in [0.4, 0.5) is 0 Å². The van der Waals surface area contributed by atoms with Gasteiger partial charge in [-0.1, -0.05) is 6.08 Å². The zero-order valence-electron chi connectivity index (χ0n) is 6.31. The van der Waals surface area contributed by atoms with Crippen LogP contribution in [-0.4, -0.2) is 36.6 Å². The minimum absolute atomic E-state index is 0.197. The van der Waals surface area contributed by atoms with Crippen LogP contribution in [0.25, 0.3) is 0 Å². The maximum absolute atomic E-state index is 10.4. The zero-order valence-corrected chi connectivity index (χ0v) is 7.88. The van der Waals surface area contributed by atoms with Crippen LogP contribution in [0, 0.1) is 0 Å². The summed E-state index contributed by atoms with van der Waals surface area (Å²) in [6.45, 7) is 3.27. The van der Waals surface area contributed by atoms with E-state index in [9.17, 15) is 8.42 Å². The van der Waals surface area contributed by atoms with Gasteiger partial charge in [0.05, 0.1) is 12.6 Å². The summed E-state index contributed by atoms with van der Waals surface area (Å²) >= 11 is 5.21. The highest BCUT2D eigenvalue weighted by molar-refractivity contribution is 7.83. The molecule has 0 radical (unpaired) electrons. The van der Waals surface area contributed by atoms with Crippen LogP contribution in [0.15, 0.2) is 12.7 Å². The Hall–Kier alpha value is -0.140. The van der Waals surface area contributed by atoms with Crippen molar-refractivity contribution < 1.29 is 17.7 Å². The Kier molecular flexibility index (Phi) is 5.43. The minimum atomic E-state index is -4.25. The Morgan fingerprint density at radius 2 is 2.25 bits per heavy atom. The van der Waals surface area contributed by atoms with E-state index in [0.717, 1.165) is 0 Å². The standard InChI is InChI=1S/C5H10ClNO4S/c1-2-3-11-5-7(4-6)12(8,9)10/h2H,1,3-5H2,(H,8,9,10). The van der Waals surface area contributed by atoms with Gasteiger partial charge in [0.25, 0.3) is 0 Å². The van der Waals surface area contributed by atoms with Crippen molar-refractivity contribution in [3.8, 4) is 0 Å². The third kappa shape index (κ3) is 4.68. The number of nitrogens with zero attached hydrogens (tertiary/aromatic N) is 1. The zero-order chi connectivity index (χ0) is 9.61. The van der Waals surface area contributed by atoms with E-state index >= 15 is 0 Å². The van der Waals surface area contributed by atoms with E-state index in [1.54, 1.807) is 0 Å². The Morgan fingerprint density at radius 3 is 2.58 bits per heavy atom. The molecule has 0 aromatic heterocycles. The first-order chi connectivity index (χ1) is 5.52. The van der Waals surface area contributed by atoms with Gasteiger partial charge in [0.2, 0.25) is 0 Å². The monoisotopic (exact) mass is 215 g/mol. The van der Waals surface area contributed by atoms with Gasteiger partial charge >= 0.3 is 10.3 Å². The minimum Gasteiger partial charge on any atom is -0.361 e. The molecule has 0 spiro atoms. The van der Waals surface area contributed by atoms with E-state index < -0.39 is 10.3 Å². The fourth-order valence-corrected chi connectivity index (χ4v) is 1.17. The van der Waals surface area contributed by atoms with Crippen molar-refractivity contribution in [1.82, 2.24) is 4.31 Å². The molecule has 7 heteroatoms. The topological polar surface area (TPSA) is 66.8 Å². The van der Waals surface area contributed by atoms with Gasteiger partial charge in [0.1, 0.15) is 6.73 Å². The van der Waals surface area contributed by atoms with E-state index in [1.165, 1.54) is 6.08 Å². The fraction of sp³-hybridized carbons (Fsp3) is 0.600. The Labute approximate surface area is 76.5 Å². The van der Waals surface area contributed by atoms with Crippen molar-refractivity contribution in [2.24, 2.45) is 0 Å². The largest absolute Gasteiger partial charge is 0.361 e. The molecule has 0 atom stereocenters. The molecule has 1 N–H and O–H groups in total. The van der Waals surface area contributed by atoms with E-state index in [0.29, 0.717) is 4.31 Å². The van der Waals surface area contributed by atoms with Crippen LogP contribution in [0.5, 0.6) is 0 Å². The van der Waals surface area contributed by atoms with Crippen LogP contribution in [0.2, 0.25) is 0 Å². The van der Waals surface area contributed by atoms with Gasteiger partial charge in [-0.25, -0.2) is 0 Å². The second-order valence-electron chi connectivity index (χ2n) is 1.84. The molecule has 0 rings (SSSR count). The lowest BCUT2D eigenvalue weighted by Crippen LogP contribution is -2.31. The number of halogens is 1. The van der Waals surface area contributed by atoms with Gasteiger partial charge < -0.3 is 4.74 Å². The molecule has 0 aromatic carbocycles. The molecule has 0 amide bonds. The van der Waals surface area contributed by atoms with Crippen molar-refractivity contribution in [1.29, 1.82) is 0 Å². The summed E-state index contributed by atoms with van der Waals surface area (Å²) in [7, 11) is -4.25. The first-order valence-electron chi connectivity index (χ1n) is 2.99. The third-order valence-electron chi connectivity index (χ3n) is 0.931. The summed E-state index contributed by atoms with van der Waals surface area (Å²) in [5.41, 5.74) is 0. The smallest absolute Gasteiger partial charge is 0.338 e. The molecule has 0 fully saturated rings. The van der Waals surface area contributed by atoms with Gasteiger partial charge in [0, 0.05) is 0 Å². The van der Waals surface area contributed by atoms with Gasteiger partial charge in [-0.3, -0.25) is 4.55 Å². The van der Waals surface area contributed by atoms with Crippen LogP contribution in [0.1, 0.15) is 0 Å². The molecule has 0 aliphatic heterocycles. The van der Waals surface area contributed by atoms with E-state index in [-0.39, 0.29) is 19.3 Å². The normalized spacial score (nSPS) is 11.9. The maximum atomic E-state index is 10.4. The summed E-state index contributed by atoms with van der Waals surface area (Å²) in [6, 6.07) is -0.351. The molecular weight excluding hydrogens is 206 g/mol. The van der Waals surface area contributed by atoms with Crippen LogP contribution in [0.3, 0.4) is 0 Å². The first kappa shape index (κ1) is 11.9. The third-order valence-corrected chi connectivity index (χ3v) is 2.25. The lowest BCUT2D eigenvalue weighted by molar-refractivity contribution is 0.0945. The second-order valence-corrected chi connectivity index (χ2v) is 3.49. The molecule has 0 heterocycles. The highest BCUT2D eigenvalue weighted by atomic mass is 35.5. The Morgan fingerprint density at radius 1 is 1.67 bits per heavy atom. The van der Waals surface area contributed by atoms with Gasteiger partial charge in [0.15, 0.2) is 0 Å². The average molecular weight is 216 g/mol. The molecule has 0 bridgehead atoms. The van der Waals surface area contributed by atoms with E-state index in [1.807, 2.05) is 0 Å². The average Bonchev–Trinajstić information content (AvgIpc) is 1.95. The summed E-state index contributed by atoms with van der Waals surface area (Å²) in [6.07, 6.45) is 1.45. The van der Waals surface area contributed by atoms with E-state index in [2.05, 4.69) is 6.58 Å². The molecule has 0 aliphatic rings. The van der Waals surface area contributed by atoms with Crippen molar-refractivity contribution >= 4 is 21.9 Å². The highest BCUT2D eigenvalue weighted by Crippen LogP contribution is 1.98. The fourth-order valence-electron chi connectivity index (χ4n) is 0.401. The van der Waals surface area contributed by atoms with Crippen molar-refractivity contribution in [3.05, 3.63) is 12.7 Å². The number of hydrogen-bond acceptors (Lipinski definition) is 3. The first-order valence-corrected chi connectivity index (χ1v) is 4.92. The molecule has 0 saturated heterocycles. The predicted molar refractivity (Wildman–Crippen MR) is 45.1 cm³/mol. The van der Waals surface area contributed by atoms with Crippen molar-refractivity contribution in [2.75, 3.05) is 19.3 Å². The molecular formula is C5H10ClNO4S. The number of hydrogen-bond donors (Lipinski definition) is 1. The summed E-state index contributed by atoms with van der Waals surface area (Å²) in [5.74, 6) is 0. The second kappa shape index (κ2) is 5.50. The Balaban J connectivity index is 3.93. The van der Waals surface area contributed by atoms with Gasteiger partial charge in [-0.05, 0) is 0 Å². The van der Waals surface area contributed by atoms with E-state index in [4.69, 9.17) is 20.9 Å². The quantitative estimate of drug-likeness (QED) is 0.174. The van der Waals surface area contributed by atoms with Gasteiger partial charge in [-0.15, -0.1) is 22.5 Å².